The van der Waals surface area contributed by atoms with Crippen molar-refractivity contribution < 1.29 is 9.90 Å². The van der Waals surface area contributed by atoms with E-state index < -0.39 is 5.97 Å². The third-order valence-electron chi connectivity index (χ3n) is 3.68. The van der Waals surface area contributed by atoms with Crippen molar-refractivity contribution in [3.05, 3.63) is 11.6 Å². The molecule has 98 valence electrons. The van der Waals surface area contributed by atoms with Gasteiger partial charge < -0.3 is 10.4 Å². The van der Waals surface area contributed by atoms with Gasteiger partial charge in [-0.25, -0.2) is 0 Å². The zero-order chi connectivity index (χ0) is 12.7. The van der Waals surface area contributed by atoms with Gasteiger partial charge in [0.1, 0.15) is 6.04 Å². The summed E-state index contributed by atoms with van der Waals surface area (Å²) in [6.45, 7) is 2.22. The van der Waals surface area contributed by atoms with E-state index in [-0.39, 0.29) is 6.04 Å². The van der Waals surface area contributed by atoms with Gasteiger partial charge in [0, 0.05) is 0 Å². The number of aliphatic carboxylic acids is 1. The van der Waals surface area contributed by atoms with E-state index in [2.05, 4.69) is 18.3 Å². The fraction of sp³-hybridized carbons (Fsp3) is 0.786. The molecule has 0 heterocycles. The molecule has 0 aliphatic heterocycles. The van der Waals surface area contributed by atoms with E-state index in [1.807, 2.05) is 0 Å². The Kier molecular flexibility index (Phi) is 6.27. The molecule has 0 aromatic heterocycles. The third-order valence-corrected chi connectivity index (χ3v) is 3.68. The third kappa shape index (κ3) is 4.90. The summed E-state index contributed by atoms with van der Waals surface area (Å²) in [4.78, 5) is 10.9. The van der Waals surface area contributed by atoms with Crippen molar-refractivity contribution in [2.75, 3.05) is 7.05 Å². The van der Waals surface area contributed by atoms with E-state index in [9.17, 15) is 4.79 Å². The smallest absolute Gasteiger partial charge is 0.320 e. The fourth-order valence-electron chi connectivity index (χ4n) is 2.46. The van der Waals surface area contributed by atoms with Gasteiger partial charge in [-0.15, -0.1) is 0 Å². The van der Waals surface area contributed by atoms with Gasteiger partial charge in [-0.1, -0.05) is 25.0 Å². The SMILES string of the molecule is CCCCC1=CCC(CC(NC)C(=O)O)CC1. The van der Waals surface area contributed by atoms with Gasteiger partial charge >= 0.3 is 5.97 Å². The summed E-state index contributed by atoms with van der Waals surface area (Å²) < 4.78 is 0. The normalized spacial score (nSPS) is 22.0. The van der Waals surface area contributed by atoms with Crippen molar-refractivity contribution >= 4 is 5.97 Å². The minimum atomic E-state index is -0.728. The van der Waals surface area contributed by atoms with Crippen LogP contribution in [0.3, 0.4) is 0 Å². The number of likely N-dealkylation sites (N-methyl/N-ethyl adjacent to an activating group) is 1. The van der Waals surface area contributed by atoms with Crippen molar-refractivity contribution in [1.29, 1.82) is 0 Å². The molecule has 0 aromatic rings. The van der Waals surface area contributed by atoms with Gasteiger partial charge in [0.2, 0.25) is 0 Å². The van der Waals surface area contributed by atoms with Gasteiger partial charge in [-0.2, -0.15) is 0 Å². The lowest BCUT2D eigenvalue weighted by atomic mass is 9.84. The highest BCUT2D eigenvalue weighted by atomic mass is 16.4. The molecule has 17 heavy (non-hydrogen) atoms. The van der Waals surface area contributed by atoms with Gasteiger partial charge in [-0.3, -0.25) is 4.79 Å². The van der Waals surface area contributed by atoms with Crippen LogP contribution in [0.1, 0.15) is 51.9 Å². The molecule has 3 heteroatoms. The quantitative estimate of drug-likeness (QED) is 0.671. The average molecular weight is 239 g/mol. The number of nitrogens with one attached hydrogen (secondary N) is 1. The van der Waals surface area contributed by atoms with E-state index in [1.165, 1.54) is 25.7 Å². The standard InChI is InChI=1S/C14H25NO2/c1-3-4-5-11-6-8-12(9-7-11)10-13(15-2)14(16)17/h6,12-13,15H,3-5,7-10H2,1-2H3,(H,16,17). The fourth-order valence-corrected chi connectivity index (χ4v) is 2.46. The number of rotatable bonds is 7. The van der Waals surface area contributed by atoms with Crippen LogP contribution in [0.5, 0.6) is 0 Å². The summed E-state index contributed by atoms with van der Waals surface area (Å²) in [5.41, 5.74) is 1.58. The number of allylic oxidation sites excluding steroid dienone is 2. The van der Waals surface area contributed by atoms with Gasteiger partial charge in [-0.05, 0) is 51.5 Å². The number of carboxylic acid groups (broad SMARTS) is 1. The van der Waals surface area contributed by atoms with Gasteiger partial charge in [0.25, 0.3) is 0 Å². The molecule has 0 radical (unpaired) electrons. The first-order chi connectivity index (χ1) is 8.17. The summed E-state index contributed by atoms with van der Waals surface area (Å²) >= 11 is 0. The summed E-state index contributed by atoms with van der Waals surface area (Å²) in [6.07, 6.45) is 10.2. The Bertz CT molecular complexity index is 273. The van der Waals surface area contributed by atoms with Crippen molar-refractivity contribution in [2.45, 2.75) is 57.9 Å². The molecule has 0 saturated heterocycles. The lowest BCUT2D eigenvalue weighted by Gasteiger charge is -2.24. The Morgan fingerprint density at radius 1 is 1.65 bits per heavy atom. The van der Waals surface area contributed by atoms with Crippen LogP contribution in [-0.2, 0) is 4.79 Å². The molecule has 1 rings (SSSR count). The van der Waals surface area contributed by atoms with Crippen LogP contribution in [0.4, 0.5) is 0 Å². The highest BCUT2D eigenvalue weighted by molar-refractivity contribution is 5.73. The van der Waals surface area contributed by atoms with Crippen molar-refractivity contribution in [2.24, 2.45) is 5.92 Å². The second-order valence-corrected chi connectivity index (χ2v) is 5.02. The van der Waals surface area contributed by atoms with Crippen molar-refractivity contribution in [3.8, 4) is 0 Å². The minimum Gasteiger partial charge on any atom is -0.480 e. The number of carbonyl (C=O) groups is 1. The highest BCUT2D eigenvalue weighted by Gasteiger charge is 2.22. The average Bonchev–Trinajstić information content (AvgIpc) is 2.34. The van der Waals surface area contributed by atoms with Crippen LogP contribution in [0.2, 0.25) is 0 Å². The monoisotopic (exact) mass is 239 g/mol. The van der Waals surface area contributed by atoms with Crippen LogP contribution in [0.15, 0.2) is 11.6 Å². The molecular weight excluding hydrogens is 214 g/mol. The number of carboxylic acids is 1. The van der Waals surface area contributed by atoms with Gasteiger partial charge in [0.05, 0.1) is 0 Å². The number of hydrogen-bond acceptors (Lipinski definition) is 2. The lowest BCUT2D eigenvalue weighted by molar-refractivity contribution is -0.139. The summed E-state index contributed by atoms with van der Waals surface area (Å²) in [5.74, 6) is -0.192. The van der Waals surface area contributed by atoms with Crippen LogP contribution >= 0.6 is 0 Å². The Morgan fingerprint density at radius 3 is 2.88 bits per heavy atom. The predicted octanol–water partition coefficient (Wildman–Crippen LogP) is 2.97. The van der Waals surface area contributed by atoms with Crippen LogP contribution in [-0.4, -0.2) is 24.2 Å². The molecule has 2 unspecified atom stereocenters. The molecule has 2 N–H and O–H groups in total. The molecule has 1 aliphatic rings. The Labute approximate surface area is 104 Å². The Morgan fingerprint density at radius 2 is 2.41 bits per heavy atom. The summed E-state index contributed by atoms with van der Waals surface area (Å²) in [7, 11) is 1.73. The first-order valence-electron chi connectivity index (χ1n) is 6.75. The molecule has 0 amide bonds. The molecule has 0 aromatic carbocycles. The first-order valence-corrected chi connectivity index (χ1v) is 6.75. The number of hydrogen-bond donors (Lipinski definition) is 2. The predicted molar refractivity (Wildman–Crippen MR) is 70.0 cm³/mol. The maximum atomic E-state index is 10.9. The summed E-state index contributed by atoms with van der Waals surface area (Å²) in [6, 6.07) is -0.384. The highest BCUT2D eigenvalue weighted by Crippen LogP contribution is 2.29. The van der Waals surface area contributed by atoms with E-state index in [0.29, 0.717) is 5.92 Å². The second kappa shape index (κ2) is 7.49. The minimum absolute atomic E-state index is 0.384. The molecule has 0 bridgehead atoms. The lowest BCUT2D eigenvalue weighted by Crippen LogP contribution is -2.35. The molecule has 0 saturated carbocycles. The Hall–Kier alpha value is -0.830. The zero-order valence-electron chi connectivity index (χ0n) is 11.0. The van der Waals surface area contributed by atoms with Crippen LogP contribution in [0, 0.1) is 5.92 Å². The maximum Gasteiger partial charge on any atom is 0.320 e. The molecule has 0 spiro atoms. The van der Waals surface area contributed by atoms with E-state index in [0.717, 1.165) is 19.3 Å². The van der Waals surface area contributed by atoms with Gasteiger partial charge in [0.15, 0.2) is 0 Å². The molecule has 1 aliphatic carbocycles. The molecule has 3 nitrogen and oxygen atoms in total. The first kappa shape index (κ1) is 14.2. The Balaban J connectivity index is 2.35. The summed E-state index contributed by atoms with van der Waals surface area (Å²) in [5, 5.41) is 11.9. The van der Waals surface area contributed by atoms with Crippen LogP contribution in [0.25, 0.3) is 0 Å². The molecule has 0 fully saturated rings. The zero-order valence-corrected chi connectivity index (χ0v) is 11.0. The van der Waals surface area contributed by atoms with E-state index >= 15 is 0 Å². The van der Waals surface area contributed by atoms with E-state index in [1.54, 1.807) is 12.6 Å². The van der Waals surface area contributed by atoms with Crippen LogP contribution < -0.4 is 5.32 Å². The topological polar surface area (TPSA) is 49.3 Å². The maximum absolute atomic E-state index is 10.9. The molecule has 2 atom stereocenters. The van der Waals surface area contributed by atoms with Crippen molar-refractivity contribution in [3.63, 3.8) is 0 Å². The van der Waals surface area contributed by atoms with Crippen molar-refractivity contribution in [1.82, 2.24) is 5.32 Å². The number of unbranched alkanes of at least 4 members (excludes halogenated alkanes) is 1. The largest absolute Gasteiger partial charge is 0.480 e. The van der Waals surface area contributed by atoms with E-state index in [4.69, 9.17) is 5.11 Å². The molecular formula is C14H25NO2. The second-order valence-electron chi connectivity index (χ2n) is 5.02.